The highest BCUT2D eigenvalue weighted by atomic mass is 16.5. The zero-order valence-electron chi connectivity index (χ0n) is 13.4. The van der Waals surface area contributed by atoms with E-state index in [1.165, 1.54) is 13.3 Å². The summed E-state index contributed by atoms with van der Waals surface area (Å²) in [5, 5.41) is 5.54. The Balaban J connectivity index is 3.06. The third kappa shape index (κ3) is 5.39. The molecule has 0 bridgehead atoms. The monoisotopic (exact) mass is 316 g/mol. The molecule has 1 aromatic carbocycles. The van der Waals surface area contributed by atoms with Gasteiger partial charge in [-0.3, -0.25) is 9.59 Å². The fourth-order valence-corrected chi connectivity index (χ4v) is 1.67. The number of nitrogens with one attached hydrogen (secondary N) is 2. The smallest absolute Gasteiger partial charge is 0.226 e. The van der Waals surface area contributed by atoms with E-state index in [9.17, 15) is 9.59 Å². The fourth-order valence-electron chi connectivity index (χ4n) is 1.67. The van der Waals surface area contributed by atoms with Gasteiger partial charge in [-0.05, 0) is 30.8 Å². The summed E-state index contributed by atoms with van der Waals surface area (Å²) in [5.41, 5.74) is 1.73. The molecule has 23 heavy (non-hydrogen) atoms. The predicted octanol–water partition coefficient (Wildman–Crippen LogP) is 2.22. The van der Waals surface area contributed by atoms with Crippen LogP contribution in [0.1, 0.15) is 24.2 Å². The van der Waals surface area contributed by atoms with E-state index < -0.39 is 0 Å². The lowest BCUT2D eigenvalue weighted by Gasteiger charge is -2.11. The lowest BCUT2D eigenvalue weighted by atomic mass is 10.1. The summed E-state index contributed by atoms with van der Waals surface area (Å²) < 4.78 is 5.22. The lowest BCUT2D eigenvalue weighted by molar-refractivity contribution is -0.109. The van der Waals surface area contributed by atoms with Crippen molar-refractivity contribution >= 4 is 31.1 Å². The first-order valence-electron chi connectivity index (χ1n) is 6.90. The Labute approximate surface area is 135 Å². The number of benzene rings is 1. The Morgan fingerprint density at radius 2 is 2.09 bits per heavy atom. The van der Waals surface area contributed by atoms with Crippen molar-refractivity contribution in [2.24, 2.45) is 15.9 Å². The van der Waals surface area contributed by atoms with E-state index in [1.54, 1.807) is 18.2 Å². The molecule has 0 atom stereocenters. The quantitative estimate of drug-likeness (QED) is 0.458. The van der Waals surface area contributed by atoms with Crippen LogP contribution in [0.3, 0.4) is 0 Å². The highest BCUT2D eigenvalue weighted by Gasteiger charge is 2.07. The number of carbonyl (C=O) groups excluding carboxylic acids is 2. The number of guanidine groups is 1. The van der Waals surface area contributed by atoms with Crippen LogP contribution in [0, 0.1) is 5.92 Å². The number of allylic oxidation sites excluding steroid dienone is 1. The van der Waals surface area contributed by atoms with Crippen molar-refractivity contribution in [2.45, 2.75) is 13.8 Å². The number of aldehydes is 1. The molecular weight excluding hydrogens is 296 g/mol. The summed E-state index contributed by atoms with van der Waals surface area (Å²) in [6.07, 6.45) is 2.83. The van der Waals surface area contributed by atoms with Gasteiger partial charge in [0.1, 0.15) is 12.0 Å². The number of nitrogens with zero attached hydrogens (tertiary/aromatic N) is 2. The SMILES string of the molecule is C=NC(=N/C=C(/NC=O)C(C)C)Nc1ccc(C=O)cc1OC. The summed E-state index contributed by atoms with van der Waals surface area (Å²) >= 11 is 0. The molecule has 0 unspecified atom stereocenters. The molecule has 1 aromatic rings. The van der Waals surface area contributed by atoms with Gasteiger partial charge in [-0.1, -0.05) is 13.8 Å². The third-order valence-corrected chi connectivity index (χ3v) is 2.93. The number of hydrogen-bond donors (Lipinski definition) is 2. The van der Waals surface area contributed by atoms with Crippen molar-refractivity contribution in [2.75, 3.05) is 12.4 Å². The van der Waals surface area contributed by atoms with Gasteiger partial charge < -0.3 is 15.4 Å². The zero-order chi connectivity index (χ0) is 17.2. The first kappa shape index (κ1) is 18.1. The lowest BCUT2D eigenvalue weighted by Crippen LogP contribution is -2.15. The number of methoxy groups -OCH3 is 1. The maximum absolute atomic E-state index is 10.8. The van der Waals surface area contributed by atoms with Crippen molar-refractivity contribution in [3.8, 4) is 5.75 Å². The number of carbonyl (C=O) groups is 2. The van der Waals surface area contributed by atoms with E-state index in [1.807, 2.05) is 13.8 Å². The number of hydrogen-bond acceptors (Lipinski definition) is 4. The van der Waals surface area contributed by atoms with Crippen LogP contribution in [0.4, 0.5) is 5.69 Å². The van der Waals surface area contributed by atoms with Crippen molar-refractivity contribution in [3.05, 3.63) is 35.7 Å². The van der Waals surface area contributed by atoms with Gasteiger partial charge in [0, 0.05) is 11.3 Å². The summed E-state index contributed by atoms with van der Waals surface area (Å²) in [6.45, 7) is 7.30. The minimum Gasteiger partial charge on any atom is -0.495 e. The molecule has 1 rings (SSSR count). The molecule has 0 saturated heterocycles. The average Bonchev–Trinajstić information content (AvgIpc) is 2.56. The van der Waals surface area contributed by atoms with Crippen LogP contribution < -0.4 is 15.4 Å². The first-order valence-corrected chi connectivity index (χ1v) is 6.90. The molecule has 0 aliphatic rings. The van der Waals surface area contributed by atoms with E-state index in [0.29, 0.717) is 29.1 Å². The van der Waals surface area contributed by atoms with Gasteiger partial charge >= 0.3 is 0 Å². The van der Waals surface area contributed by atoms with E-state index >= 15 is 0 Å². The molecule has 2 N–H and O–H groups in total. The topological polar surface area (TPSA) is 92.1 Å². The Morgan fingerprint density at radius 3 is 2.61 bits per heavy atom. The minimum absolute atomic E-state index is 0.0939. The predicted molar refractivity (Wildman–Crippen MR) is 91.1 cm³/mol. The van der Waals surface area contributed by atoms with E-state index in [-0.39, 0.29) is 11.9 Å². The minimum atomic E-state index is 0.0939. The van der Waals surface area contributed by atoms with Crippen molar-refractivity contribution in [1.29, 1.82) is 0 Å². The molecular formula is C16H20N4O3. The standard InChI is InChI=1S/C16H20N4O3/c1-11(2)14(19-10-22)8-18-16(17-3)20-13-6-5-12(9-21)7-15(13)23-4/h5-11H,3H2,1-2,4H3,(H,18,20)(H,19,22)/b14-8+. The van der Waals surface area contributed by atoms with E-state index in [0.717, 1.165) is 6.29 Å². The summed E-state index contributed by atoms with van der Waals surface area (Å²) in [5.74, 6) is 0.800. The number of rotatable bonds is 7. The van der Waals surface area contributed by atoms with Gasteiger partial charge in [-0.2, -0.15) is 0 Å². The highest BCUT2D eigenvalue weighted by Crippen LogP contribution is 2.25. The van der Waals surface area contributed by atoms with Gasteiger partial charge in [0.25, 0.3) is 0 Å². The van der Waals surface area contributed by atoms with Crippen molar-refractivity contribution in [3.63, 3.8) is 0 Å². The van der Waals surface area contributed by atoms with Crippen LogP contribution >= 0.6 is 0 Å². The molecule has 0 radical (unpaired) electrons. The number of anilines is 1. The van der Waals surface area contributed by atoms with Gasteiger partial charge in [-0.15, -0.1) is 0 Å². The third-order valence-electron chi connectivity index (χ3n) is 2.93. The van der Waals surface area contributed by atoms with Crippen molar-refractivity contribution in [1.82, 2.24) is 5.32 Å². The Kier molecular flexibility index (Phi) is 7.19. The van der Waals surface area contributed by atoms with Gasteiger partial charge in [-0.25, -0.2) is 9.98 Å². The van der Waals surface area contributed by atoms with Crippen LogP contribution in [0.15, 0.2) is 40.1 Å². The molecule has 0 aliphatic carbocycles. The maximum Gasteiger partial charge on any atom is 0.226 e. The molecule has 0 saturated carbocycles. The molecule has 0 spiro atoms. The largest absolute Gasteiger partial charge is 0.495 e. The average molecular weight is 316 g/mol. The zero-order valence-corrected chi connectivity index (χ0v) is 13.4. The fraction of sp³-hybridized carbons (Fsp3) is 0.250. The number of aliphatic imine (C=N–C) groups is 2. The molecule has 7 nitrogen and oxygen atoms in total. The first-order chi connectivity index (χ1) is 11.0. The number of ether oxygens (including phenoxy) is 1. The summed E-state index contributed by atoms with van der Waals surface area (Å²) in [4.78, 5) is 29.3. The van der Waals surface area contributed by atoms with Crippen LogP contribution in [-0.4, -0.2) is 32.5 Å². The molecule has 0 aromatic heterocycles. The van der Waals surface area contributed by atoms with Gasteiger partial charge in [0.15, 0.2) is 0 Å². The second-order valence-electron chi connectivity index (χ2n) is 4.81. The van der Waals surface area contributed by atoms with Gasteiger partial charge in [0.2, 0.25) is 12.4 Å². The van der Waals surface area contributed by atoms with Gasteiger partial charge in [0.05, 0.1) is 19.0 Å². The second kappa shape index (κ2) is 9.14. The molecule has 122 valence electrons. The molecule has 0 aliphatic heterocycles. The highest BCUT2D eigenvalue weighted by molar-refractivity contribution is 5.98. The summed E-state index contributed by atoms with van der Waals surface area (Å²) in [7, 11) is 1.50. The van der Waals surface area contributed by atoms with Crippen molar-refractivity contribution < 1.29 is 14.3 Å². The Hall–Kier alpha value is -2.96. The van der Waals surface area contributed by atoms with Crippen LogP contribution in [-0.2, 0) is 4.79 Å². The Bertz CT molecular complexity index is 636. The van der Waals surface area contributed by atoms with Crippen LogP contribution in [0.5, 0.6) is 5.75 Å². The second-order valence-corrected chi connectivity index (χ2v) is 4.81. The van der Waals surface area contributed by atoms with E-state index in [2.05, 4.69) is 27.3 Å². The van der Waals surface area contributed by atoms with E-state index in [4.69, 9.17) is 4.74 Å². The maximum atomic E-state index is 10.8. The number of amides is 1. The molecule has 0 fully saturated rings. The Morgan fingerprint density at radius 1 is 1.35 bits per heavy atom. The summed E-state index contributed by atoms with van der Waals surface area (Å²) in [6, 6.07) is 4.92. The normalized spacial score (nSPS) is 11.8. The van der Waals surface area contributed by atoms with Crippen LogP contribution in [0.25, 0.3) is 0 Å². The molecule has 1 amide bonds. The van der Waals surface area contributed by atoms with Crippen LogP contribution in [0.2, 0.25) is 0 Å². The molecule has 7 heteroatoms. The molecule has 0 heterocycles.